The second-order valence-electron chi connectivity index (χ2n) is 8.17. The fourth-order valence-electron chi connectivity index (χ4n) is 3.91. The van der Waals surface area contributed by atoms with Crippen molar-refractivity contribution >= 4 is 29.4 Å². The van der Waals surface area contributed by atoms with Crippen molar-refractivity contribution in [3.05, 3.63) is 83.6 Å². The van der Waals surface area contributed by atoms with Crippen molar-refractivity contribution in [2.24, 2.45) is 0 Å². The van der Waals surface area contributed by atoms with E-state index in [1.807, 2.05) is 24.3 Å². The molecular formula is C25H21N5O4. The summed E-state index contributed by atoms with van der Waals surface area (Å²) in [5, 5.41) is 7.03. The number of cyclic esters (lactones) is 1. The summed E-state index contributed by atoms with van der Waals surface area (Å²) in [6.45, 7) is 0. The van der Waals surface area contributed by atoms with Gasteiger partial charge in [0, 0.05) is 37.0 Å². The number of carbonyl (C=O) groups excluding carboxylic acids is 3. The van der Waals surface area contributed by atoms with Gasteiger partial charge in [0.05, 0.1) is 12.0 Å². The SMILES string of the molecule is CN(C)C(=O)c1cccc(-c2ccc3nc(NC(=O)C[C@@H]4OC(=O)c5ccccc54)nn3c2)c1. The van der Waals surface area contributed by atoms with Crippen molar-refractivity contribution in [2.75, 3.05) is 19.4 Å². The first-order chi connectivity index (χ1) is 16.4. The Hall–Kier alpha value is -4.53. The van der Waals surface area contributed by atoms with E-state index in [2.05, 4.69) is 15.4 Å². The lowest BCUT2D eigenvalue weighted by Crippen LogP contribution is -2.21. The minimum Gasteiger partial charge on any atom is -0.453 e. The summed E-state index contributed by atoms with van der Waals surface area (Å²) in [5.41, 5.74) is 4.02. The normalized spacial score (nSPS) is 14.5. The van der Waals surface area contributed by atoms with Gasteiger partial charge in [-0.25, -0.2) is 9.31 Å². The van der Waals surface area contributed by atoms with Crippen LogP contribution in [0.3, 0.4) is 0 Å². The van der Waals surface area contributed by atoms with Gasteiger partial charge in [0.2, 0.25) is 11.9 Å². The number of anilines is 1. The Kier molecular flexibility index (Phi) is 5.29. The van der Waals surface area contributed by atoms with Gasteiger partial charge >= 0.3 is 5.97 Å². The highest BCUT2D eigenvalue weighted by molar-refractivity contribution is 5.96. The molecule has 0 bridgehead atoms. The zero-order valence-corrected chi connectivity index (χ0v) is 18.6. The Bertz CT molecular complexity index is 1440. The first-order valence-corrected chi connectivity index (χ1v) is 10.7. The largest absolute Gasteiger partial charge is 0.453 e. The third-order valence-corrected chi connectivity index (χ3v) is 5.58. The van der Waals surface area contributed by atoms with Gasteiger partial charge < -0.3 is 9.64 Å². The van der Waals surface area contributed by atoms with Crippen LogP contribution >= 0.6 is 0 Å². The lowest BCUT2D eigenvalue weighted by atomic mass is 10.0. The Labute approximate surface area is 195 Å². The van der Waals surface area contributed by atoms with E-state index in [-0.39, 0.29) is 24.2 Å². The number of hydrogen-bond donors (Lipinski definition) is 1. The van der Waals surface area contributed by atoms with Crippen LogP contribution in [0, 0.1) is 0 Å². The maximum Gasteiger partial charge on any atom is 0.339 e. The zero-order valence-electron chi connectivity index (χ0n) is 18.6. The summed E-state index contributed by atoms with van der Waals surface area (Å²) in [5.74, 6) is -0.718. The van der Waals surface area contributed by atoms with Crippen LogP contribution in [0.15, 0.2) is 66.9 Å². The Morgan fingerprint density at radius 1 is 1.06 bits per heavy atom. The lowest BCUT2D eigenvalue weighted by Gasteiger charge is -2.11. The van der Waals surface area contributed by atoms with Crippen LogP contribution in [0.2, 0.25) is 0 Å². The number of fused-ring (bicyclic) bond motifs is 2. The van der Waals surface area contributed by atoms with Crippen molar-refractivity contribution in [1.29, 1.82) is 0 Å². The number of carbonyl (C=O) groups is 3. The summed E-state index contributed by atoms with van der Waals surface area (Å²) in [6.07, 6.45) is 1.12. The quantitative estimate of drug-likeness (QED) is 0.463. The van der Waals surface area contributed by atoms with Gasteiger partial charge in [0.1, 0.15) is 6.10 Å². The van der Waals surface area contributed by atoms with Crippen LogP contribution in [0.25, 0.3) is 16.8 Å². The number of esters is 1. The topological polar surface area (TPSA) is 106 Å². The van der Waals surface area contributed by atoms with E-state index in [1.165, 1.54) is 4.90 Å². The molecule has 0 spiro atoms. The minimum atomic E-state index is -0.635. The average Bonchev–Trinajstić information content (AvgIpc) is 3.38. The van der Waals surface area contributed by atoms with Crippen LogP contribution in [0.4, 0.5) is 5.95 Å². The fourth-order valence-corrected chi connectivity index (χ4v) is 3.91. The fraction of sp³-hybridized carbons (Fsp3) is 0.160. The molecule has 2 aromatic heterocycles. The molecule has 1 aliphatic rings. The van der Waals surface area contributed by atoms with E-state index in [0.29, 0.717) is 22.3 Å². The van der Waals surface area contributed by atoms with Crippen LogP contribution in [-0.2, 0) is 9.53 Å². The number of benzene rings is 2. The average molecular weight is 455 g/mol. The Balaban J connectivity index is 1.33. The van der Waals surface area contributed by atoms with Crippen LogP contribution in [0.5, 0.6) is 0 Å². The van der Waals surface area contributed by atoms with E-state index in [0.717, 1.165) is 11.1 Å². The number of rotatable bonds is 5. The summed E-state index contributed by atoms with van der Waals surface area (Å²) >= 11 is 0. The molecule has 3 heterocycles. The maximum absolute atomic E-state index is 12.6. The van der Waals surface area contributed by atoms with Crippen LogP contribution in [-0.4, -0.2) is 51.4 Å². The van der Waals surface area contributed by atoms with E-state index >= 15 is 0 Å². The number of pyridine rings is 1. The van der Waals surface area contributed by atoms with Crippen molar-refractivity contribution in [3.63, 3.8) is 0 Å². The summed E-state index contributed by atoms with van der Waals surface area (Å²) in [7, 11) is 3.42. The molecular weight excluding hydrogens is 434 g/mol. The van der Waals surface area contributed by atoms with Gasteiger partial charge in [-0.15, -0.1) is 5.10 Å². The highest BCUT2D eigenvalue weighted by Crippen LogP contribution is 2.33. The van der Waals surface area contributed by atoms with Gasteiger partial charge in [-0.2, -0.15) is 4.98 Å². The van der Waals surface area contributed by atoms with Gasteiger partial charge in [0.25, 0.3) is 5.91 Å². The number of nitrogens with one attached hydrogen (secondary N) is 1. The number of hydrogen-bond acceptors (Lipinski definition) is 6. The van der Waals surface area contributed by atoms with E-state index < -0.39 is 12.1 Å². The van der Waals surface area contributed by atoms with Crippen molar-refractivity contribution in [1.82, 2.24) is 19.5 Å². The molecule has 34 heavy (non-hydrogen) atoms. The molecule has 0 unspecified atom stereocenters. The number of amides is 2. The molecule has 0 aliphatic carbocycles. The molecule has 9 nitrogen and oxygen atoms in total. The molecule has 1 N–H and O–H groups in total. The number of nitrogens with zero attached hydrogens (tertiary/aromatic N) is 4. The summed E-state index contributed by atoms with van der Waals surface area (Å²) in [4.78, 5) is 42.7. The summed E-state index contributed by atoms with van der Waals surface area (Å²) in [6, 6.07) is 18.0. The second kappa shape index (κ2) is 8.43. The molecule has 2 amide bonds. The molecule has 2 aromatic carbocycles. The summed E-state index contributed by atoms with van der Waals surface area (Å²) < 4.78 is 6.90. The number of aromatic nitrogens is 3. The molecule has 1 atom stereocenters. The van der Waals surface area contributed by atoms with E-state index in [1.54, 1.807) is 61.2 Å². The highest BCUT2D eigenvalue weighted by atomic mass is 16.5. The van der Waals surface area contributed by atoms with Gasteiger partial charge in [-0.05, 0) is 35.9 Å². The molecule has 0 radical (unpaired) electrons. The third kappa shape index (κ3) is 3.99. The molecule has 9 heteroatoms. The molecule has 1 aliphatic heterocycles. The highest BCUT2D eigenvalue weighted by Gasteiger charge is 2.32. The monoisotopic (exact) mass is 455 g/mol. The van der Waals surface area contributed by atoms with Crippen molar-refractivity contribution < 1.29 is 19.1 Å². The predicted molar refractivity (Wildman–Crippen MR) is 124 cm³/mol. The Morgan fingerprint density at radius 3 is 2.71 bits per heavy atom. The van der Waals surface area contributed by atoms with Gasteiger partial charge in [-0.3, -0.25) is 14.9 Å². The Morgan fingerprint density at radius 2 is 1.88 bits per heavy atom. The number of ether oxygens (including phenoxy) is 1. The first kappa shape index (κ1) is 21.3. The lowest BCUT2D eigenvalue weighted by molar-refractivity contribution is -0.118. The van der Waals surface area contributed by atoms with Gasteiger partial charge in [0.15, 0.2) is 5.65 Å². The third-order valence-electron chi connectivity index (χ3n) is 5.58. The molecule has 4 aromatic rings. The molecule has 0 saturated carbocycles. The van der Waals surface area contributed by atoms with E-state index in [4.69, 9.17) is 4.74 Å². The van der Waals surface area contributed by atoms with Crippen LogP contribution < -0.4 is 5.32 Å². The standard InChI is InChI=1S/C25H21N5O4/c1-29(2)23(32)16-7-5-6-15(12-16)17-10-11-21-26-25(28-30(21)14-17)27-22(31)13-20-18-8-3-4-9-19(18)24(33)34-20/h3-12,14,20H,13H2,1-2H3,(H,27,28,31)/t20-/m0/s1. The first-order valence-electron chi connectivity index (χ1n) is 10.7. The van der Waals surface area contributed by atoms with Crippen molar-refractivity contribution in [3.8, 4) is 11.1 Å². The molecule has 5 rings (SSSR count). The van der Waals surface area contributed by atoms with Gasteiger partial charge in [-0.1, -0.05) is 30.3 Å². The zero-order chi connectivity index (χ0) is 23.8. The molecule has 0 fully saturated rings. The minimum absolute atomic E-state index is 0.0315. The predicted octanol–water partition coefficient (Wildman–Crippen LogP) is 3.34. The molecule has 0 saturated heterocycles. The van der Waals surface area contributed by atoms with E-state index in [9.17, 15) is 14.4 Å². The van der Waals surface area contributed by atoms with Crippen LogP contribution in [0.1, 0.15) is 38.8 Å². The van der Waals surface area contributed by atoms with Crippen molar-refractivity contribution in [2.45, 2.75) is 12.5 Å². The second-order valence-corrected chi connectivity index (χ2v) is 8.17. The molecule has 170 valence electrons. The smallest absolute Gasteiger partial charge is 0.339 e. The maximum atomic E-state index is 12.6.